The average Bonchev–Trinajstić information content (AvgIpc) is 3.49. The molecule has 4 rings (SSSR count). The second-order valence-corrected chi connectivity index (χ2v) is 9.17. The Morgan fingerprint density at radius 1 is 1.11 bits per heavy atom. The molecule has 0 bridgehead atoms. The van der Waals surface area contributed by atoms with Crippen LogP contribution in [0, 0.1) is 19.8 Å². The highest BCUT2D eigenvalue weighted by Crippen LogP contribution is 2.28. The average molecular weight is 498 g/mol. The Hall–Kier alpha value is -3.59. The largest absolute Gasteiger partial charge is 0.459 e. The van der Waals surface area contributed by atoms with Gasteiger partial charge in [-0.05, 0) is 70.0 Å². The van der Waals surface area contributed by atoms with E-state index in [9.17, 15) is 14.4 Å². The molecule has 1 saturated heterocycles. The molecule has 1 aromatic carbocycles. The van der Waals surface area contributed by atoms with Crippen molar-refractivity contribution in [2.45, 2.75) is 39.7 Å². The number of carbonyl (C=O) groups is 3. The summed E-state index contributed by atoms with van der Waals surface area (Å²) in [5.41, 5.74) is 2.73. The number of benzene rings is 1. The number of nitrogens with one attached hydrogen (secondary N) is 2. The summed E-state index contributed by atoms with van der Waals surface area (Å²) in [5.74, 6) is -0.438. The van der Waals surface area contributed by atoms with E-state index in [1.807, 2.05) is 19.9 Å². The summed E-state index contributed by atoms with van der Waals surface area (Å²) in [6, 6.07) is 9.68. The van der Waals surface area contributed by atoms with Crippen LogP contribution in [0.4, 0.5) is 11.4 Å². The predicted octanol–water partition coefficient (Wildman–Crippen LogP) is 4.44. The van der Waals surface area contributed by atoms with Crippen LogP contribution in [-0.2, 0) is 9.59 Å². The highest BCUT2D eigenvalue weighted by atomic mass is 35.5. The highest BCUT2D eigenvalue weighted by Gasteiger charge is 2.29. The number of anilines is 2. The number of aromatic nitrogens is 2. The first-order chi connectivity index (χ1) is 16.7. The molecule has 0 aliphatic carbocycles. The molecule has 3 amide bonds. The Bertz CT molecular complexity index is 1230. The molecule has 3 heterocycles. The van der Waals surface area contributed by atoms with Crippen molar-refractivity contribution in [1.29, 1.82) is 0 Å². The molecule has 1 atom stereocenters. The summed E-state index contributed by atoms with van der Waals surface area (Å²) in [4.78, 5) is 39.6. The van der Waals surface area contributed by atoms with Gasteiger partial charge in [-0.2, -0.15) is 5.10 Å². The quantitative estimate of drug-likeness (QED) is 0.523. The van der Waals surface area contributed by atoms with Crippen molar-refractivity contribution < 1.29 is 18.8 Å². The number of amides is 3. The minimum Gasteiger partial charge on any atom is -0.459 e. The molecule has 0 spiro atoms. The molecule has 2 N–H and O–H groups in total. The standard InChI is InChI=1S/C25H28ClN5O4/c1-15-13-16(2)31(29-15)17(3)23(32)28-21-7-6-19(14-20(21)26)27-24(33)18-8-10-30(11-9-18)25(34)22-5-4-12-35-22/h4-7,12-14,17-18H,8-11H2,1-3H3,(H,27,33)(H,28,32). The Kier molecular flexibility index (Phi) is 7.25. The second kappa shape index (κ2) is 10.4. The van der Waals surface area contributed by atoms with Crippen molar-refractivity contribution in [2.24, 2.45) is 5.92 Å². The minimum atomic E-state index is -0.510. The number of hydrogen-bond acceptors (Lipinski definition) is 5. The summed E-state index contributed by atoms with van der Waals surface area (Å²) < 4.78 is 6.84. The Labute approximate surface area is 208 Å². The summed E-state index contributed by atoms with van der Waals surface area (Å²) in [6.07, 6.45) is 2.59. The third-order valence-electron chi connectivity index (χ3n) is 6.17. The molecule has 35 heavy (non-hydrogen) atoms. The van der Waals surface area contributed by atoms with Crippen LogP contribution in [0.25, 0.3) is 0 Å². The number of hydrogen-bond donors (Lipinski definition) is 2. The van der Waals surface area contributed by atoms with Crippen LogP contribution < -0.4 is 10.6 Å². The minimum absolute atomic E-state index is 0.124. The zero-order chi connectivity index (χ0) is 25.1. The van der Waals surface area contributed by atoms with Gasteiger partial charge in [-0.1, -0.05) is 11.6 Å². The fourth-order valence-electron chi connectivity index (χ4n) is 4.23. The van der Waals surface area contributed by atoms with Crippen molar-refractivity contribution in [3.8, 4) is 0 Å². The molecule has 0 radical (unpaired) electrons. The molecule has 3 aromatic rings. The van der Waals surface area contributed by atoms with Crippen LogP contribution in [0.2, 0.25) is 5.02 Å². The van der Waals surface area contributed by atoms with Gasteiger partial charge in [0.15, 0.2) is 5.76 Å². The van der Waals surface area contributed by atoms with Gasteiger partial charge in [0.2, 0.25) is 11.8 Å². The van der Waals surface area contributed by atoms with E-state index in [1.54, 1.807) is 46.8 Å². The lowest BCUT2D eigenvalue weighted by atomic mass is 9.95. The molecule has 10 heteroatoms. The first-order valence-electron chi connectivity index (χ1n) is 11.5. The zero-order valence-electron chi connectivity index (χ0n) is 19.9. The van der Waals surface area contributed by atoms with Crippen molar-refractivity contribution in [3.05, 3.63) is 64.8 Å². The second-order valence-electron chi connectivity index (χ2n) is 8.76. The van der Waals surface area contributed by atoms with Crippen molar-refractivity contribution in [2.75, 3.05) is 23.7 Å². The number of halogens is 1. The molecule has 2 aromatic heterocycles. The first-order valence-corrected chi connectivity index (χ1v) is 11.9. The molecule has 1 aliphatic heterocycles. The van der Waals surface area contributed by atoms with E-state index in [2.05, 4.69) is 15.7 Å². The van der Waals surface area contributed by atoms with Gasteiger partial charge in [0.05, 0.1) is 22.7 Å². The maximum absolute atomic E-state index is 12.8. The maximum atomic E-state index is 12.8. The number of carbonyl (C=O) groups excluding carboxylic acids is 3. The normalized spacial score (nSPS) is 15.0. The Balaban J connectivity index is 1.31. The van der Waals surface area contributed by atoms with Gasteiger partial charge < -0.3 is 20.0 Å². The highest BCUT2D eigenvalue weighted by molar-refractivity contribution is 6.34. The van der Waals surface area contributed by atoms with E-state index in [4.69, 9.17) is 16.0 Å². The number of furan rings is 1. The fraction of sp³-hybridized carbons (Fsp3) is 0.360. The molecule has 1 unspecified atom stereocenters. The number of aryl methyl sites for hydroxylation is 2. The van der Waals surface area contributed by atoms with Gasteiger partial charge in [-0.15, -0.1) is 0 Å². The molecule has 1 aliphatic rings. The summed E-state index contributed by atoms with van der Waals surface area (Å²) >= 11 is 6.39. The van der Waals surface area contributed by atoms with Gasteiger partial charge in [0.1, 0.15) is 6.04 Å². The van der Waals surface area contributed by atoms with Crippen molar-refractivity contribution >= 4 is 40.7 Å². The van der Waals surface area contributed by atoms with Crippen LogP contribution in [-0.4, -0.2) is 45.5 Å². The maximum Gasteiger partial charge on any atom is 0.289 e. The van der Waals surface area contributed by atoms with E-state index in [0.29, 0.717) is 48.1 Å². The van der Waals surface area contributed by atoms with Crippen LogP contribution in [0.3, 0.4) is 0 Å². The zero-order valence-corrected chi connectivity index (χ0v) is 20.6. The van der Waals surface area contributed by atoms with E-state index in [0.717, 1.165) is 11.4 Å². The van der Waals surface area contributed by atoms with Gasteiger partial charge in [0.25, 0.3) is 5.91 Å². The van der Waals surface area contributed by atoms with Crippen LogP contribution in [0.15, 0.2) is 47.1 Å². The van der Waals surface area contributed by atoms with E-state index >= 15 is 0 Å². The lowest BCUT2D eigenvalue weighted by Crippen LogP contribution is -2.41. The van der Waals surface area contributed by atoms with Gasteiger partial charge in [-0.25, -0.2) is 0 Å². The van der Waals surface area contributed by atoms with Crippen molar-refractivity contribution in [3.63, 3.8) is 0 Å². The third-order valence-corrected chi connectivity index (χ3v) is 6.48. The van der Waals surface area contributed by atoms with Crippen molar-refractivity contribution in [1.82, 2.24) is 14.7 Å². The molecule has 0 saturated carbocycles. The molecular weight excluding hydrogens is 470 g/mol. The lowest BCUT2D eigenvalue weighted by molar-refractivity contribution is -0.121. The lowest BCUT2D eigenvalue weighted by Gasteiger charge is -2.30. The van der Waals surface area contributed by atoms with Crippen LogP contribution in [0.5, 0.6) is 0 Å². The third kappa shape index (κ3) is 5.57. The summed E-state index contributed by atoms with van der Waals surface area (Å²) in [5, 5.41) is 10.4. The summed E-state index contributed by atoms with van der Waals surface area (Å²) in [7, 11) is 0. The number of likely N-dealkylation sites (tertiary alicyclic amines) is 1. The smallest absolute Gasteiger partial charge is 0.289 e. The molecular formula is C25H28ClN5O4. The first kappa shape index (κ1) is 24.5. The van der Waals surface area contributed by atoms with Crippen LogP contribution in [0.1, 0.15) is 47.7 Å². The topological polar surface area (TPSA) is 109 Å². The molecule has 184 valence electrons. The SMILES string of the molecule is Cc1cc(C)n(C(C)C(=O)Nc2ccc(NC(=O)C3CCN(C(=O)c4ccco4)CC3)cc2Cl)n1. The fourth-order valence-corrected chi connectivity index (χ4v) is 4.45. The predicted molar refractivity (Wildman–Crippen MR) is 132 cm³/mol. The van der Waals surface area contributed by atoms with E-state index in [1.165, 1.54) is 6.26 Å². The van der Waals surface area contributed by atoms with E-state index in [-0.39, 0.29) is 23.6 Å². The molecule has 1 fully saturated rings. The number of piperidine rings is 1. The van der Waals surface area contributed by atoms with Gasteiger partial charge in [-0.3, -0.25) is 19.1 Å². The van der Waals surface area contributed by atoms with E-state index < -0.39 is 6.04 Å². The van der Waals surface area contributed by atoms with Gasteiger partial charge in [0, 0.05) is 30.4 Å². The van der Waals surface area contributed by atoms with Gasteiger partial charge >= 0.3 is 0 Å². The number of rotatable bonds is 6. The summed E-state index contributed by atoms with van der Waals surface area (Å²) in [6.45, 7) is 6.51. The Morgan fingerprint density at radius 2 is 1.86 bits per heavy atom. The molecule has 9 nitrogen and oxygen atoms in total. The van der Waals surface area contributed by atoms with Crippen LogP contribution >= 0.6 is 11.6 Å². The number of nitrogens with zero attached hydrogens (tertiary/aromatic N) is 3. The Morgan fingerprint density at radius 3 is 2.46 bits per heavy atom. The monoisotopic (exact) mass is 497 g/mol.